The summed E-state index contributed by atoms with van der Waals surface area (Å²) in [7, 11) is 1.49. The van der Waals surface area contributed by atoms with Gasteiger partial charge in [0, 0.05) is 18.9 Å². The monoisotopic (exact) mass is 427 g/mol. The van der Waals surface area contributed by atoms with Crippen LogP contribution >= 0.6 is 0 Å². The SMILES string of the molecule is COC[C@H]1O[C@@H](n2cnc3c(Nc4ccc(/C=C/C(=O)O)cc4)ncnc32)[C@H](O)[C@@H]1O. The van der Waals surface area contributed by atoms with Crippen molar-refractivity contribution >= 4 is 34.7 Å². The highest BCUT2D eigenvalue weighted by Gasteiger charge is 2.44. The third-order valence-electron chi connectivity index (χ3n) is 4.89. The lowest BCUT2D eigenvalue weighted by Gasteiger charge is -2.16. The molecule has 0 bridgehead atoms. The lowest BCUT2D eigenvalue weighted by Crippen LogP contribution is -2.33. The number of hydrogen-bond donors (Lipinski definition) is 4. The van der Waals surface area contributed by atoms with Gasteiger partial charge in [0.1, 0.15) is 24.6 Å². The number of nitrogens with zero attached hydrogens (tertiary/aromatic N) is 4. The summed E-state index contributed by atoms with van der Waals surface area (Å²) in [6.07, 6.45) is 1.58. The van der Waals surface area contributed by atoms with Crippen LogP contribution in [-0.4, -0.2) is 72.8 Å². The van der Waals surface area contributed by atoms with Crippen LogP contribution in [0.4, 0.5) is 11.5 Å². The fourth-order valence-electron chi connectivity index (χ4n) is 3.37. The van der Waals surface area contributed by atoms with Crippen molar-refractivity contribution in [1.82, 2.24) is 19.5 Å². The number of aliphatic hydroxyl groups excluding tert-OH is 2. The summed E-state index contributed by atoms with van der Waals surface area (Å²) >= 11 is 0. The average Bonchev–Trinajstić information content (AvgIpc) is 3.31. The minimum atomic E-state index is -1.17. The smallest absolute Gasteiger partial charge is 0.328 e. The molecular weight excluding hydrogens is 406 g/mol. The van der Waals surface area contributed by atoms with Crippen LogP contribution in [0.5, 0.6) is 0 Å². The van der Waals surface area contributed by atoms with Gasteiger partial charge in [-0.3, -0.25) is 4.57 Å². The topological polar surface area (TPSA) is 152 Å². The number of aliphatic carboxylic acids is 1. The lowest BCUT2D eigenvalue weighted by molar-refractivity contribution is -0.131. The van der Waals surface area contributed by atoms with E-state index >= 15 is 0 Å². The molecule has 4 rings (SSSR count). The highest BCUT2D eigenvalue weighted by atomic mass is 16.6. The highest BCUT2D eigenvalue weighted by molar-refractivity contribution is 5.86. The van der Waals surface area contributed by atoms with Crippen molar-refractivity contribution in [3.8, 4) is 0 Å². The number of imidazole rings is 1. The molecular formula is C20H21N5O6. The fourth-order valence-corrected chi connectivity index (χ4v) is 3.37. The summed E-state index contributed by atoms with van der Waals surface area (Å²) < 4.78 is 12.3. The Kier molecular flexibility index (Phi) is 5.91. The second-order valence-electron chi connectivity index (χ2n) is 6.97. The molecule has 11 heteroatoms. The van der Waals surface area contributed by atoms with E-state index in [1.807, 2.05) is 0 Å². The second-order valence-corrected chi connectivity index (χ2v) is 6.97. The summed E-state index contributed by atoms with van der Waals surface area (Å²) in [6, 6.07) is 7.08. The van der Waals surface area contributed by atoms with E-state index in [-0.39, 0.29) is 6.61 Å². The van der Waals surface area contributed by atoms with E-state index in [1.165, 1.54) is 25.8 Å². The largest absolute Gasteiger partial charge is 0.478 e. The minimum absolute atomic E-state index is 0.140. The van der Waals surface area contributed by atoms with Gasteiger partial charge in [0.2, 0.25) is 0 Å². The molecule has 2 aromatic heterocycles. The molecule has 0 spiro atoms. The Balaban J connectivity index is 1.57. The number of carboxylic acid groups (broad SMARTS) is 1. The van der Waals surface area contributed by atoms with Crippen molar-refractivity contribution in [3.63, 3.8) is 0 Å². The van der Waals surface area contributed by atoms with Gasteiger partial charge in [0.05, 0.1) is 12.9 Å². The molecule has 11 nitrogen and oxygen atoms in total. The summed E-state index contributed by atoms with van der Waals surface area (Å²) in [4.78, 5) is 23.5. The Hall–Kier alpha value is -3.38. The van der Waals surface area contributed by atoms with Crippen LogP contribution in [0.1, 0.15) is 11.8 Å². The molecule has 1 aliphatic heterocycles. The second kappa shape index (κ2) is 8.78. The van der Waals surface area contributed by atoms with Crippen LogP contribution in [0.15, 0.2) is 43.0 Å². The average molecular weight is 427 g/mol. The third kappa shape index (κ3) is 4.25. The Morgan fingerprint density at radius 3 is 2.71 bits per heavy atom. The molecule has 0 saturated carbocycles. The van der Waals surface area contributed by atoms with Crippen LogP contribution in [0.2, 0.25) is 0 Å². The van der Waals surface area contributed by atoms with Gasteiger partial charge < -0.3 is 30.1 Å². The van der Waals surface area contributed by atoms with Crippen molar-refractivity contribution in [2.45, 2.75) is 24.5 Å². The molecule has 0 unspecified atom stereocenters. The Bertz CT molecular complexity index is 1100. The molecule has 1 aliphatic rings. The number of aliphatic hydroxyl groups is 2. The van der Waals surface area contributed by atoms with E-state index in [0.29, 0.717) is 17.0 Å². The highest BCUT2D eigenvalue weighted by Crippen LogP contribution is 2.32. The Morgan fingerprint density at radius 1 is 1.23 bits per heavy atom. The lowest BCUT2D eigenvalue weighted by atomic mass is 10.1. The zero-order chi connectivity index (χ0) is 22.0. The van der Waals surface area contributed by atoms with Crippen molar-refractivity contribution in [2.75, 3.05) is 19.0 Å². The predicted molar refractivity (Wildman–Crippen MR) is 110 cm³/mol. The van der Waals surface area contributed by atoms with E-state index in [4.69, 9.17) is 14.6 Å². The summed E-state index contributed by atoms with van der Waals surface area (Å²) in [5.41, 5.74) is 2.34. The normalized spacial score (nSPS) is 23.6. The zero-order valence-electron chi connectivity index (χ0n) is 16.5. The number of carbonyl (C=O) groups is 1. The maximum Gasteiger partial charge on any atom is 0.328 e. The van der Waals surface area contributed by atoms with Crippen LogP contribution in [0.25, 0.3) is 17.2 Å². The third-order valence-corrected chi connectivity index (χ3v) is 4.89. The zero-order valence-corrected chi connectivity index (χ0v) is 16.5. The standard InChI is InChI=1S/C20H21N5O6/c1-30-8-13-16(28)17(29)20(31-13)25-10-23-15-18(21-9-22-19(15)25)24-12-5-2-11(3-6-12)4-7-14(26)27/h2-7,9-10,13,16-17,20,28-29H,8H2,1H3,(H,26,27)(H,21,22,24)/b7-4+/t13-,16-,17-,20-/m1/s1. The van der Waals surface area contributed by atoms with Gasteiger partial charge in [0.25, 0.3) is 0 Å². The van der Waals surface area contributed by atoms with Crippen LogP contribution in [-0.2, 0) is 14.3 Å². The first-order valence-corrected chi connectivity index (χ1v) is 9.44. The van der Waals surface area contributed by atoms with Gasteiger partial charge in [-0.05, 0) is 23.8 Å². The van der Waals surface area contributed by atoms with Gasteiger partial charge in [-0.1, -0.05) is 12.1 Å². The van der Waals surface area contributed by atoms with Crippen LogP contribution in [0.3, 0.4) is 0 Å². The first kappa shape index (κ1) is 20.9. The molecule has 0 aliphatic carbocycles. The molecule has 4 atom stereocenters. The van der Waals surface area contributed by atoms with E-state index in [2.05, 4.69) is 20.3 Å². The number of hydrogen-bond acceptors (Lipinski definition) is 9. The number of benzene rings is 1. The number of anilines is 2. The van der Waals surface area contributed by atoms with E-state index < -0.39 is 30.5 Å². The first-order chi connectivity index (χ1) is 15.0. The van der Waals surface area contributed by atoms with E-state index in [9.17, 15) is 15.0 Å². The molecule has 1 fully saturated rings. The van der Waals surface area contributed by atoms with E-state index in [0.717, 1.165) is 17.3 Å². The molecule has 1 saturated heterocycles. The summed E-state index contributed by atoms with van der Waals surface area (Å²) in [5, 5.41) is 32.5. The van der Waals surface area contributed by atoms with Crippen LogP contribution < -0.4 is 5.32 Å². The van der Waals surface area contributed by atoms with Gasteiger partial charge in [0.15, 0.2) is 23.2 Å². The number of aromatic nitrogens is 4. The fraction of sp³-hybridized carbons (Fsp3) is 0.300. The van der Waals surface area contributed by atoms with Crippen molar-refractivity contribution < 1.29 is 29.6 Å². The van der Waals surface area contributed by atoms with E-state index in [1.54, 1.807) is 28.8 Å². The molecule has 3 heterocycles. The van der Waals surface area contributed by atoms with Gasteiger partial charge >= 0.3 is 5.97 Å². The number of carboxylic acids is 1. The Labute approximate surface area is 176 Å². The van der Waals surface area contributed by atoms with Crippen molar-refractivity contribution in [3.05, 3.63) is 48.6 Å². The number of methoxy groups -OCH3 is 1. The first-order valence-electron chi connectivity index (χ1n) is 9.44. The number of rotatable bonds is 7. The predicted octanol–water partition coefficient (Wildman–Crippen LogP) is 0.933. The molecule has 0 amide bonds. The molecule has 31 heavy (non-hydrogen) atoms. The minimum Gasteiger partial charge on any atom is -0.478 e. The Morgan fingerprint density at radius 2 is 2.00 bits per heavy atom. The van der Waals surface area contributed by atoms with Crippen molar-refractivity contribution in [1.29, 1.82) is 0 Å². The maximum absolute atomic E-state index is 10.6. The maximum atomic E-state index is 10.6. The van der Waals surface area contributed by atoms with Gasteiger partial charge in [-0.2, -0.15) is 0 Å². The van der Waals surface area contributed by atoms with Gasteiger partial charge in [-0.15, -0.1) is 0 Å². The summed E-state index contributed by atoms with van der Waals surface area (Å²) in [5.74, 6) is -0.572. The molecule has 1 aromatic carbocycles. The number of ether oxygens (including phenoxy) is 2. The van der Waals surface area contributed by atoms with Gasteiger partial charge in [-0.25, -0.2) is 19.7 Å². The summed E-state index contributed by atoms with van der Waals surface area (Å²) in [6.45, 7) is 0.140. The molecule has 0 radical (unpaired) electrons. The molecule has 4 N–H and O–H groups in total. The van der Waals surface area contributed by atoms with Crippen LogP contribution in [0, 0.1) is 0 Å². The number of nitrogens with one attached hydrogen (secondary N) is 1. The molecule has 162 valence electrons. The quantitative estimate of drug-likeness (QED) is 0.401. The number of fused-ring (bicyclic) bond motifs is 1. The van der Waals surface area contributed by atoms with Crippen molar-refractivity contribution in [2.24, 2.45) is 0 Å². The molecule has 3 aromatic rings.